The van der Waals surface area contributed by atoms with E-state index in [0.29, 0.717) is 21.7 Å². The lowest BCUT2D eigenvalue weighted by Gasteiger charge is -2.23. The molecule has 6 nitrogen and oxygen atoms in total. The van der Waals surface area contributed by atoms with Gasteiger partial charge in [0.25, 0.3) is 5.91 Å². The molecule has 0 aliphatic carbocycles. The van der Waals surface area contributed by atoms with Crippen LogP contribution >= 0.6 is 11.3 Å². The summed E-state index contributed by atoms with van der Waals surface area (Å²) < 4.78 is 5.92. The Hall–Kier alpha value is -3.45. The summed E-state index contributed by atoms with van der Waals surface area (Å²) in [7, 11) is 3.93. The molecular weight excluding hydrogens is 386 g/mol. The molecule has 1 aliphatic rings. The number of hydrogen-bond donors (Lipinski definition) is 0. The van der Waals surface area contributed by atoms with Crippen LogP contribution in [0.5, 0.6) is 0 Å². The first-order valence-corrected chi connectivity index (χ1v) is 10.0. The number of fused-ring (bicyclic) bond motifs is 2. The minimum atomic E-state index is -0.583. The van der Waals surface area contributed by atoms with Crippen molar-refractivity contribution in [3.8, 4) is 0 Å². The Morgan fingerprint density at radius 1 is 1.07 bits per heavy atom. The highest BCUT2D eigenvalue weighted by atomic mass is 32.1. The Balaban J connectivity index is 1.77. The number of anilines is 2. The number of benzene rings is 2. The maximum absolute atomic E-state index is 13.4. The highest BCUT2D eigenvalue weighted by molar-refractivity contribution is 7.13. The molecule has 7 heteroatoms. The van der Waals surface area contributed by atoms with Crippen molar-refractivity contribution < 1.29 is 9.21 Å². The quantitative estimate of drug-likeness (QED) is 0.516. The van der Waals surface area contributed by atoms with E-state index < -0.39 is 6.04 Å². The van der Waals surface area contributed by atoms with Gasteiger partial charge in [0.15, 0.2) is 10.6 Å². The molecule has 0 bridgehead atoms. The van der Waals surface area contributed by atoms with Gasteiger partial charge in [0.05, 0.1) is 17.0 Å². The smallest absolute Gasteiger partial charge is 0.297 e. The molecule has 2 aromatic carbocycles. The number of thiazole rings is 1. The van der Waals surface area contributed by atoms with E-state index in [4.69, 9.17) is 4.42 Å². The number of nitrogens with zero attached hydrogens (tertiary/aromatic N) is 3. The average molecular weight is 403 g/mol. The summed E-state index contributed by atoms with van der Waals surface area (Å²) in [6.45, 7) is 0. The number of amides is 1. The topological polar surface area (TPSA) is 66.7 Å². The molecule has 1 atom stereocenters. The van der Waals surface area contributed by atoms with Crippen LogP contribution in [0.3, 0.4) is 0 Å². The summed E-state index contributed by atoms with van der Waals surface area (Å²) in [5, 5.41) is 2.81. The molecular formula is C22H17N3O3S. The van der Waals surface area contributed by atoms with Crippen LogP contribution in [-0.4, -0.2) is 25.0 Å². The van der Waals surface area contributed by atoms with Gasteiger partial charge in [-0.25, -0.2) is 4.98 Å². The van der Waals surface area contributed by atoms with Crippen LogP contribution in [-0.2, 0) is 0 Å². The lowest BCUT2D eigenvalue weighted by molar-refractivity contribution is 0.0971. The van der Waals surface area contributed by atoms with Gasteiger partial charge in [0.2, 0.25) is 5.76 Å². The van der Waals surface area contributed by atoms with Crippen LogP contribution in [0.2, 0.25) is 0 Å². The van der Waals surface area contributed by atoms with Crippen LogP contribution in [0, 0.1) is 0 Å². The first-order chi connectivity index (χ1) is 14.1. The molecule has 1 amide bonds. The highest BCUT2D eigenvalue weighted by Gasteiger charge is 2.44. The summed E-state index contributed by atoms with van der Waals surface area (Å²) in [4.78, 5) is 34.6. The van der Waals surface area contributed by atoms with E-state index in [1.54, 1.807) is 35.4 Å². The van der Waals surface area contributed by atoms with Gasteiger partial charge in [0, 0.05) is 31.4 Å². The first-order valence-electron chi connectivity index (χ1n) is 9.12. The second kappa shape index (κ2) is 6.56. The molecule has 0 saturated heterocycles. The van der Waals surface area contributed by atoms with Crippen molar-refractivity contribution in [2.24, 2.45) is 0 Å². The minimum Gasteiger partial charge on any atom is -0.450 e. The summed E-state index contributed by atoms with van der Waals surface area (Å²) in [5.41, 5.74) is 2.45. The van der Waals surface area contributed by atoms with Crippen molar-refractivity contribution in [1.29, 1.82) is 0 Å². The first kappa shape index (κ1) is 17.6. The SMILES string of the molecule is CN(C)c1ccc(C2c3c(oc4ccccc4c3=O)C(=O)N2c2nccs2)cc1. The Kier molecular flexibility index (Phi) is 3.99. The summed E-state index contributed by atoms with van der Waals surface area (Å²) in [6.07, 6.45) is 1.65. The zero-order valence-corrected chi connectivity index (χ0v) is 16.6. The molecule has 3 heterocycles. The molecule has 0 spiro atoms. The zero-order valence-electron chi connectivity index (χ0n) is 15.8. The third-order valence-corrected chi connectivity index (χ3v) is 5.90. The third kappa shape index (κ3) is 2.66. The van der Waals surface area contributed by atoms with Gasteiger partial charge >= 0.3 is 0 Å². The van der Waals surface area contributed by atoms with Gasteiger partial charge in [-0.15, -0.1) is 11.3 Å². The van der Waals surface area contributed by atoms with Crippen molar-refractivity contribution in [2.45, 2.75) is 6.04 Å². The van der Waals surface area contributed by atoms with Crippen molar-refractivity contribution in [2.75, 3.05) is 23.9 Å². The molecule has 1 unspecified atom stereocenters. The standard InChI is InChI=1S/C22H17N3O3S/c1-24(2)14-9-7-13(8-10-14)18-17-19(26)15-5-3-4-6-16(15)28-20(17)21(27)25(18)22-23-11-12-29-22/h3-12,18H,1-2H3. The number of rotatable bonds is 3. The fourth-order valence-corrected chi connectivity index (χ4v) is 4.39. The van der Waals surface area contributed by atoms with Gasteiger partial charge in [-0.1, -0.05) is 24.3 Å². The van der Waals surface area contributed by atoms with Gasteiger partial charge in [-0.05, 0) is 29.8 Å². The molecule has 1 aliphatic heterocycles. The lowest BCUT2D eigenvalue weighted by Crippen LogP contribution is -2.29. The van der Waals surface area contributed by atoms with E-state index >= 15 is 0 Å². The monoisotopic (exact) mass is 403 g/mol. The van der Waals surface area contributed by atoms with E-state index in [2.05, 4.69) is 4.98 Å². The van der Waals surface area contributed by atoms with Crippen molar-refractivity contribution >= 4 is 39.0 Å². The maximum Gasteiger partial charge on any atom is 0.297 e. The molecule has 2 aromatic heterocycles. The summed E-state index contributed by atoms with van der Waals surface area (Å²) in [6, 6.07) is 14.3. The van der Waals surface area contributed by atoms with Gasteiger partial charge in [-0.2, -0.15) is 0 Å². The summed E-state index contributed by atoms with van der Waals surface area (Å²) in [5.74, 6) is -0.259. The van der Waals surface area contributed by atoms with Crippen molar-refractivity contribution in [1.82, 2.24) is 4.98 Å². The molecule has 0 saturated carbocycles. The average Bonchev–Trinajstić information content (AvgIpc) is 3.35. The molecule has 0 N–H and O–H groups in total. The predicted molar refractivity (Wildman–Crippen MR) is 114 cm³/mol. The molecule has 144 valence electrons. The fraction of sp³-hybridized carbons (Fsp3) is 0.136. The zero-order chi connectivity index (χ0) is 20.1. The number of carbonyl (C=O) groups is 1. The molecule has 5 rings (SSSR count). The van der Waals surface area contributed by atoms with Gasteiger partial charge < -0.3 is 9.32 Å². The predicted octanol–water partition coefficient (Wildman–Crippen LogP) is 4.07. The van der Waals surface area contributed by atoms with E-state index in [9.17, 15) is 9.59 Å². The number of carbonyl (C=O) groups excluding carboxylic acids is 1. The normalized spacial score (nSPS) is 15.7. The third-order valence-electron chi connectivity index (χ3n) is 5.13. The molecule has 0 radical (unpaired) electrons. The number of para-hydroxylation sites is 1. The largest absolute Gasteiger partial charge is 0.450 e. The molecule has 29 heavy (non-hydrogen) atoms. The number of hydrogen-bond acceptors (Lipinski definition) is 6. The number of aromatic nitrogens is 1. The van der Waals surface area contributed by atoms with Gasteiger partial charge in [-0.3, -0.25) is 14.5 Å². The van der Waals surface area contributed by atoms with Crippen LogP contribution in [0.25, 0.3) is 11.0 Å². The van der Waals surface area contributed by atoms with Gasteiger partial charge in [0.1, 0.15) is 5.58 Å². The second-order valence-electron chi connectivity index (χ2n) is 7.05. The van der Waals surface area contributed by atoms with Crippen molar-refractivity contribution in [3.05, 3.63) is 87.2 Å². The Labute approximate surface area is 170 Å². The second-order valence-corrected chi connectivity index (χ2v) is 7.92. The van der Waals surface area contributed by atoms with Crippen LogP contribution in [0.15, 0.2) is 69.3 Å². The van der Waals surface area contributed by atoms with E-state index in [-0.39, 0.29) is 17.1 Å². The Bertz CT molecular complexity index is 1280. The maximum atomic E-state index is 13.4. The van der Waals surface area contributed by atoms with E-state index in [0.717, 1.165) is 11.3 Å². The Morgan fingerprint density at radius 2 is 1.83 bits per heavy atom. The van der Waals surface area contributed by atoms with Crippen LogP contribution < -0.4 is 15.2 Å². The molecule has 4 aromatic rings. The minimum absolute atomic E-state index is 0.0885. The van der Waals surface area contributed by atoms with Crippen molar-refractivity contribution in [3.63, 3.8) is 0 Å². The van der Waals surface area contributed by atoms with E-state index in [1.165, 1.54) is 11.3 Å². The highest BCUT2D eigenvalue weighted by Crippen LogP contribution is 2.42. The summed E-state index contributed by atoms with van der Waals surface area (Å²) >= 11 is 1.35. The molecule has 0 fully saturated rings. The fourth-order valence-electron chi connectivity index (χ4n) is 3.72. The van der Waals surface area contributed by atoms with Crippen LogP contribution in [0.1, 0.15) is 27.7 Å². The van der Waals surface area contributed by atoms with Crippen LogP contribution in [0.4, 0.5) is 10.8 Å². The Morgan fingerprint density at radius 3 is 2.52 bits per heavy atom. The lowest BCUT2D eigenvalue weighted by atomic mass is 9.98. The van der Waals surface area contributed by atoms with E-state index in [1.807, 2.05) is 48.6 Å².